The van der Waals surface area contributed by atoms with Gasteiger partial charge in [-0.15, -0.1) is 0 Å². The van der Waals surface area contributed by atoms with Crippen LogP contribution >= 0.6 is 11.8 Å². The van der Waals surface area contributed by atoms with Gasteiger partial charge in [0.15, 0.2) is 9.84 Å². The van der Waals surface area contributed by atoms with Crippen molar-refractivity contribution in [3.05, 3.63) is 29.8 Å². The largest absolute Gasteiger partial charge is 0.224 e. The highest BCUT2D eigenvalue weighted by atomic mass is 32.2. The van der Waals surface area contributed by atoms with Crippen molar-refractivity contribution < 1.29 is 8.42 Å². The van der Waals surface area contributed by atoms with Crippen LogP contribution in [0.1, 0.15) is 18.4 Å². The lowest BCUT2D eigenvalue weighted by Crippen LogP contribution is -2.07. The van der Waals surface area contributed by atoms with Gasteiger partial charge in [-0.2, -0.15) is 11.8 Å². The topological polar surface area (TPSA) is 34.1 Å². The molecule has 2 nitrogen and oxygen atoms in total. The Kier molecular flexibility index (Phi) is 5.35. The molecule has 1 rings (SSSR count). The van der Waals surface area contributed by atoms with Crippen molar-refractivity contribution in [3.8, 4) is 0 Å². The van der Waals surface area contributed by atoms with E-state index >= 15 is 0 Å². The fraction of sp³-hybridized carbons (Fsp3) is 0.500. The van der Waals surface area contributed by atoms with Crippen molar-refractivity contribution in [2.75, 3.05) is 17.8 Å². The third-order valence-corrected chi connectivity index (χ3v) is 4.91. The Balaban J connectivity index is 2.60. The van der Waals surface area contributed by atoms with E-state index in [1.54, 1.807) is 23.9 Å². The second-order valence-corrected chi connectivity index (χ2v) is 6.93. The molecule has 0 atom stereocenters. The first-order valence-electron chi connectivity index (χ1n) is 5.34. The Hall–Kier alpha value is -0.480. The molecule has 90 valence electrons. The molecule has 0 N–H and O–H groups in total. The summed E-state index contributed by atoms with van der Waals surface area (Å²) in [4.78, 5) is 0.447. The zero-order chi connectivity index (χ0) is 12.0. The lowest BCUT2D eigenvalue weighted by Gasteiger charge is -2.04. The molecule has 0 spiro atoms. The summed E-state index contributed by atoms with van der Waals surface area (Å²) in [5.41, 5.74) is 1.08. The predicted molar refractivity (Wildman–Crippen MR) is 70.8 cm³/mol. The van der Waals surface area contributed by atoms with Gasteiger partial charge in [-0.25, -0.2) is 8.42 Å². The molecule has 1 aromatic carbocycles. The van der Waals surface area contributed by atoms with E-state index in [1.807, 2.05) is 25.3 Å². The van der Waals surface area contributed by atoms with Crippen molar-refractivity contribution in [2.24, 2.45) is 0 Å². The van der Waals surface area contributed by atoms with Gasteiger partial charge in [0.1, 0.15) is 0 Å². The van der Waals surface area contributed by atoms with Gasteiger partial charge in [-0.05, 0) is 43.9 Å². The number of thioether (sulfide) groups is 1. The zero-order valence-corrected chi connectivity index (χ0v) is 11.4. The van der Waals surface area contributed by atoms with Crippen LogP contribution in [0.2, 0.25) is 0 Å². The molecule has 0 amide bonds. The highest BCUT2D eigenvalue weighted by Crippen LogP contribution is 2.14. The molecule has 16 heavy (non-hydrogen) atoms. The number of aryl methyl sites for hydroxylation is 1. The van der Waals surface area contributed by atoms with Crippen LogP contribution in [0, 0.1) is 6.92 Å². The van der Waals surface area contributed by atoms with Crippen molar-refractivity contribution in [1.82, 2.24) is 0 Å². The molecule has 0 aliphatic rings. The van der Waals surface area contributed by atoms with Crippen LogP contribution in [-0.4, -0.2) is 26.2 Å². The van der Waals surface area contributed by atoms with Gasteiger partial charge >= 0.3 is 0 Å². The van der Waals surface area contributed by atoms with Gasteiger partial charge in [-0.3, -0.25) is 0 Å². The normalized spacial score (nSPS) is 11.6. The monoisotopic (exact) mass is 258 g/mol. The summed E-state index contributed by atoms with van der Waals surface area (Å²) in [6, 6.07) is 7.07. The molecule has 0 bridgehead atoms. The fourth-order valence-corrected chi connectivity index (χ4v) is 3.27. The molecular weight excluding hydrogens is 240 g/mol. The summed E-state index contributed by atoms with van der Waals surface area (Å²) in [6.07, 6.45) is 3.75. The van der Waals surface area contributed by atoms with Crippen LogP contribution < -0.4 is 0 Å². The van der Waals surface area contributed by atoms with E-state index in [1.165, 1.54) is 0 Å². The molecule has 0 radical (unpaired) electrons. The van der Waals surface area contributed by atoms with Crippen LogP contribution in [-0.2, 0) is 9.84 Å². The summed E-state index contributed by atoms with van der Waals surface area (Å²) >= 11 is 1.76. The van der Waals surface area contributed by atoms with Gasteiger partial charge in [0, 0.05) is 0 Å². The number of rotatable bonds is 6. The summed E-state index contributed by atoms with van der Waals surface area (Å²) < 4.78 is 23.8. The highest BCUT2D eigenvalue weighted by molar-refractivity contribution is 7.98. The molecule has 1 aromatic rings. The van der Waals surface area contributed by atoms with E-state index < -0.39 is 9.84 Å². The average molecular weight is 258 g/mol. The molecule has 0 aliphatic carbocycles. The minimum absolute atomic E-state index is 0.261. The van der Waals surface area contributed by atoms with E-state index in [0.717, 1.165) is 24.2 Å². The fourth-order valence-electron chi connectivity index (χ4n) is 1.40. The average Bonchev–Trinajstić information content (AvgIpc) is 2.25. The van der Waals surface area contributed by atoms with E-state index in [-0.39, 0.29) is 5.75 Å². The van der Waals surface area contributed by atoms with Gasteiger partial charge in [-0.1, -0.05) is 17.7 Å². The van der Waals surface area contributed by atoms with Crippen LogP contribution in [0.4, 0.5) is 0 Å². The Morgan fingerprint density at radius 2 is 1.75 bits per heavy atom. The summed E-state index contributed by atoms with van der Waals surface area (Å²) in [6.45, 7) is 1.95. The highest BCUT2D eigenvalue weighted by Gasteiger charge is 2.12. The second-order valence-electron chi connectivity index (χ2n) is 3.83. The Morgan fingerprint density at radius 3 is 2.31 bits per heavy atom. The molecule has 0 saturated carbocycles. The summed E-state index contributed by atoms with van der Waals surface area (Å²) in [5.74, 6) is 1.29. The molecule has 0 fully saturated rings. The molecule has 0 heterocycles. The quantitative estimate of drug-likeness (QED) is 0.736. The van der Waals surface area contributed by atoms with E-state index in [2.05, 4.69) is 0 Å². The van der Waals surface area contributed by atoms with Crippen LogP contribution in [0.25, 0.3) is 0 Å². The van der Waals surface area contributed by atoms with Crippen LogP contribution in [0.15, 0.2) is 29.2 Å². The van der Waals surface area contributed by atoms with Gasteiger partial charge < -0.3 is 0 Å². The first kappa shape index (κ1) is 13.6. The van der Waals surface area contributed by atoms with Gasteiger partial charge in [0.05, 0.1) is 10.6 Å². The first-order chi connectivity index (χ1) is 7.56. The maximum absolute atomic E-state index is 11.9. The smallest absolute Gasteiger partial charge is 0.178 e. The zero-order valence-electron chi connectivity index (χ0n) is 9.77. The Labute approximate surface area is 102 Å². The second kappa shape index (κ2) is 6.30. The SMILES string of the molecule is CSCCCCS(=O)(=O)c1ccc(C)cc1. The lowest BCUT2D eigenvalue weighted by molar-refractivity contribution is 0.593. The standard InChI is InChI=1S/C12H18O2S2/c1-11-5-7-12(8-6-11)16(13,14)10-4-3-9-15-2/h5-8H,3-4,9-10H2,1-2H3. The maximum atomic E-state index is 11.9. The van der Waals surface area contributed by atoms with Crippen molar-refractivity contribution in [3.63, 3.8) is 0 Å². The van der Waals surface area contributed by atoms with Crippen molar-refractivity contribution in [1.29, 1.82) is 0 Å². The molecule has 0 saturated heterocycles. The summed E-state index contributed by atoms with van der Waals surface area (Å²) in [7, 11) is -3.07. The third kappa shape index (κ3) is 4.18. The number of sulfone groups is 1. The van der Waals surface area contributed by atoms with E-state index in [4.69, 9.17) is 0 Å². The predicted octanol–water partition coefficient (Wildman–Crippen LogP) is 2.91. The first-order valence-corrected chi connectivity index (χ1v) is 8.39. The number of unbranched alkanes of at least 4 members (excludes halogenated alkanes) is 1. The molecule has 0 unspecified atom stereocenters. The minimum atomic E-state index is -3.07. The lowest BCUT2D eigenvalue weighted by atomic mass is 10.2. The third-order valence-electron chi connectivity index (χ3n) is 2.39. The Bertz CT molecular complexity index is 407. The molecule has 0 aromatic heterocycles. The molecule has 0 aliphatic heterocycles. The van der Waals surface area contributed by atoms with Crippen LogP contribution in [0.5, 0.6) is 0 Å². The van der Waals surface area contributed by atoms with E-state index in [0.29, 0.717) is 4.90 Å². The number of hydrogen-bond donors (Lipinski definition) is 0. The molecule has 4 heteroatoms. The minimum Gasteiger partial charge on any atom is -0.224 e. The number of benzene rings is 1. The van der Waals surface area contributed by atoms with E-state index in [9.17, 15) is 8.42 Å². The Morgan fingerprint density at radius 1 is 1.12 bits per heavy atom. The summed E-state index contributed by atoms with van der Waals surface area (Å²) in [5, 5.41) is 0. The van der Waals surface area contributed by atoms with Crippen LogP contribution in [0.3, 0.4) is 0 Å². The number of hydrogen-bond acceptors (Lipinski definition) is 3. The maximum Gasteiger partial charge on any atom is 0.178 e. The van der Waals surface area contributed by atoms with Crippen molar-refractivity contribution in [2.45, 2.75) is 24.7 Å². The van der Waals surface area contributed by atoms with Gasteiger partial charge in [0.25, 0.3) is 0 Å². The van der Waals surface area contributed by atoms with Gasteiger partial charge in [0.2, 0.25) is 0 Å². The molecular formula is C12H18O2S2. The van der Waals surface area contributed by atoms with Crippen molar-refractivity contribution >= 4 is 21.6 Å².